The van der Waals surface area contributed by atoms with Crippen LogP contribution in [0.3, 0.4) is 0 Å². The molecule has 2 aromatic carbocycles. The van der Waals surface area contributed by atoms with Crippen LogP contribution in [0.4, 0.5) is 0 Å². The highest BCUT2D eigenvalue weighted by Gasteiger charge is 2.28. The molecule has 0 aliphatic carbocycles. The number of benzene rings is 2. The normalized spacial score (nSPS) is 17.1. The van der Waals surface area contributed by atoms with E-state index in [1.807, 2.05) is 0 Å². The number of hydrogen-bond donors (Lipinski definition) is 0. The zero-order valence-electron chi connectivity index (χ0n) is 15.1. The Morgan fingerprint density at radius 1 is 0.828 bits per heavy atom. The fraction of sp³-hybridized carbons (Fsp3) is 0.0909. The predicted octanol–water partition coefficient (Wildman–Crippen LogP) is 6.36. The number of carbonyl (C=O) groups is 2. The first-order chi connectivity index (χ1) is 13.8. The molecule has 1 aliphatic heterocycles. The quantitative estimate of drug-likeness (QED) is 0.493. The van der Waals surface area contributed by atoms with Gasteiger partial charge in [-0.25, -0.2) is 0 Å². The second-order valence-electron chi connectivity index (χ2n) is 6.41. The number of ketones is 1. The summed E-state index contributed by atoms with van der Waals surface area (Å²) in [4.78, 5) is 26.9. The number of rotatable bonds is 3. The molecular formula is C22H15Cl4NO2. The molecule has 148 valence electrons. The highest BCUT2D eigenvalue weighted by Crippen LogP contribution is 2.28. The Kier molecular flexibility index (Phi) is 6.86. The summed E-state index contributed by atoms with van der Waals surface area (Å²) in [6.07, 6.45) is 4.63. The van der Waals surface area contributed by atoms with Gasteiger partial charge in [-0.1, -0.05) is 65.1 Å². The van der Waals surface area contributed by atoms with Crippen LogP contribution >= 0.6 is 46.4 Å². The largest absolute Gasteiger partial charge is 0.330 e. The van der Waals surface area contributed by atoms with Gasteiger partial charge in [0.15, 0.2) is 5.78 Å². The van der Waals surface area contributed by atoms with Crippen LogP contribution in [0, 0.1) is 0 Å². The minimum Gasteiger partial charge on any atom is -0.330 e. The first-order valence-electron chi connectivity index (χ1n) is 8.56. The van der Waals surface area contributed by atoms with Crippen molar-refractivity contribution in [2.45, 2.75) is 0 Å². The molecular weight excluding hydrogens is 452 g/mol. The number of amides is 1. The molecule has 1 heterocycles. The SMILES string of the molecule is C=CC(=O)N1C/C(=C/c2ccc(Cl)c(Cl)c2)C(=O)/C(=C\c2ccc(Cl)c(Cl)c2)C1. The molecule has 0 N–H and O–H groups in total. The lowest BCUT2D eigenvalue weighted by Gasteiger charge is -2.29. The monoisotopic (exact) mass is 465 g/mol. The molecule has 1 fully saturated rings. The fourth-order valence-corrected chi connectivity index (χ4v) is 3.54. The van der Waals surface area contributed by atoms with E-state index in [4.69, 9.17) is 46.4 Å². The van der Waals surface area contributed by atoms with Gasteiger partial charge in [-0.3, -0.25) is 9.59 Å². The first kappa shape index (κ1) is 21.7. The van der Waals surface area contributed by atoms with Crippen LogP contribution in [0.25, 0.3) is 12.2 Å². The Bertz CT molecular complexity index is 999. The molecule has 0 unspecified atom stereocenters. The van der Waals surface area contributed by atoms with E-state index >= 15 is 0 Å². The van der Waals surface area contributed by atoms with Crippen molar-refractivity contribution in [3.8, 4) is 0 Å². The van der Waals surface area contributed by atoms with Gasteiger partial charge in [0.25, 0.3) is 0 Å². The van der Waals surface area contributed by atoms with Crippen molar-refractivity contribution in [2.75, 3.05) is 13.1 Å². The minimum atomic E-state index is -0.266. The molecule has 0 aromatic heterocycles. The second kappa shape index (κ2) is 9.19. The van der Waals surface area contributed by atoms with E-state index in [1.165, 1.54) is 6.08 Å². The zero-order valence-corrected chi connectivity index (χ0v) is 18.1. The van der Waals surface area contributed by atoms with Gasteiger partial charge in [0, 0.05) is 11.1 Å². The fourth-order valence-electron chi connectivity index (χ4n) is 2.93. The Hall–Kier alpha value is -2.04. The summed E-state index contributed by atoms with van der Waals surface area (Å²) >= 11 is 24.1. The maximum Gasteiger partial charge on any atom is 0.246 e. The van der Waals surface area contributed by atoms with Crippen LogP contribution in [-0.2, 0) is 9.59 Å². The number of nitrogens with zero attached hydrogens (tertiary/aromatic N) is 1. The maximum atomic E-state index is 13.1. The van der Waals surface area contributed by atoms with Crippen LogP contribution in [0.5, 0.6) is 0 Å². The van der Waals surface area contributed by atoms with E-state index in [9.17, 15) is 9.59 Å². The van der Waals surface area contributed by atoms with Crippen LogP contribution in [-0.4, -0.2) is 29.7 Å². The lowest BCUT2D eigenvalue weighted by Crippen LogP contribution is -2.40. The third-order valence-corrected chi connectivity index (χ3v) is 5.84. The first-order valence-corrected chi connectivity index (χ1v) is 10.1. The van der Waals surface area contributed by atoms with Crippen LogP contribution in [0.1, 0.15) is 11.1 Å². The number of hydrogen-bond acceptors (Lipinski definition) is 2. The molecule has 3 rings (SSSR count). The summed E-state index contributed by atoms with van der Waals surface area (Å²) in [5.41, 5.74) is 2.33. The molecule has 0 radical (unpaired) electrons. The van der Waals surface area contributed by atoms with E-state index < -0.39 is 0 Å². The molecule has 1 amide bonds. The Labute approximate surface area is 188 Å². The summed E-state index contributed by atoms with van der Waals surface area (Å²) in [7, 11) is 0. The third-order valence-electron chi connectivity index (χ3n) is 4.36. The van der Waals surface area contributed by atoms with Crippen molar-refractivity contribution in [1.29, 1.82) is 0 Å². The molecule has 1 saturated heterocycles. The molecule has 0 atom stereocenters. The van der Waals surface area contributed by atoms with E-state index in [2.05, 4.69) is 6.58 Å². The minimum absolute atomic E-state index is 0.157. The Balaban J connectivity index is 2.03. The number of piperidine rings is 1. The number of Topliss-reactive ketones (excluding diaryl/α,β-unsaturated/α-hetero) is 1. The van der Waals surface area contributed by atoms with Crippen molar-refractivity contribution in [3.63, 3.8) is 0 Å². The summed E-state index contributed by atoms with van der Waals surface area (Å²) < 4.78 is 0. The molecule has 3 nitrogen and oxygen atoms in total. The zero-order chi connectivity index (χ0) is 21.1. The van der Waals surface area contributed by atoms with Gasteiger partial charge in [0.2, 0.25) is 5.91 Å². The van der Waals surface area contributed by atoms with Gasteiger partial charge in [0.1, 0.15) is 0 Å². The lowest BCUT2D eigenvalue weighted by molar-refractivity contribution is -0.126. The van der Waals surface area contributed by atoms with E-state index in [0.29, 0.717) is 42.4 Å². The van der Waals surface area contributed by atoms with E-state index in [0.717, 1.165) is 0 Å². The van der Waals surface area contributed by atoms with Crippen molar-refractivity contribution in [3.05, 3.63) is 91.4 Å². The van der Waals surface area contributed by atoms with Crippen molar-refractivity contribution in [2.24, 2.45) is 0 Å². The molecule has 0 saturated carbocycles. The predicted molar refractivity (Wildman–Crippen MR) is 121 cm³/mol. The molecule has 0 spiro atoms. The van der Waals surface area contributed by atoms with Gasteiger partial charge in [0.05, 0.1) is 33.2 Å². The van der Waals surface area contributed by atoms with Crippen molar-refractivity contribution >= 4 is 70.2 Å². The van der Waals surface area contributed by atoms with Gasteiger partial charge >= 0.3 is 0 Å². The second-order valence-corrected chi connectivity index (χ2v) is 8.04. The molecule has 29 heavy (non-hydrogen) atoms. The van der Waals surface area contributed by atoms with Gasteiger partial charge in [-0.05, 0) is 53.6 Å². The number of likely N-dealkylation sites (tertiary alicyclic amines) is 1. The van der Waals surface area contributed by atoms with E-state index in [-0.39, 0.29) is 24.8 Å². The van der Waals surface area contributed by atoms with Crippen LogP contribution in [0.2, 0.25) is 20.1 Å². The highest BCUT2D eigenvalue weighted by molar-refractivity contribution is 6.42. The average molecular weight is 467 g/mol. The lowest BCUT2D eigenvalue weighted by atomic mass is 9.94. The molecule has 1 aliphatic rings. The van der Waals surface area contributed by atoms with Crippen molar-refractivity contribution in [1.82, 2.24) is 4.90 Å². The molecule has 0 bridgehead atoms. The maximum absolute atomic E-state index is 13.1. The van der Waals surface area contributed by atoms with E-state index in [1.54, 1.807) is 53.5 Å². The Morgan fingerprint density at radius 2 is 1.28 bits per heavy atom. The average Bonchev–Trinajstić information content (AvgIpc) is 2.69. The van der Waals surface area contributed by atoms with Gasteiger partial charge in [-0.15, -0.1) is 0 Å². The third kappa shape index (κ3) is 5.12. The summed E-state index contributed by atoms with van der Waals surface area (Å²) in [6.45, 7) is 3.87. The summed E-state index contributed by atoms with van der Waals surface area (Å²) in [6, 6.07) is 10.2. The van der Waals surface area contributed by atoms with Gasteiger partial charge < -0.3 is 4.90 Å². The number of halogens is 4. The standard InChI is InChI=1S/C22H15Cl4NO2/c1-2-21(28)27-11-15(7-13-3-5-17(23)19(25)9-13)22(29)16(12-27)8-14-4-6-18(24)20(26)10-14/h2-10H,1,11-12H2/b15-7-,16-8-. The molecule has 7 heteroatoms. The Morgan fingerprint density at radius 3 is 1.66 bits per heavy atom. The highest BCUT2D eigenvalue weighted by atomic mass is 35.5. The van der Waals surface area contributed by atoms with Crippen LogP contribution < -0.4 is 0 Å². The number of carbonyl (C=O) groups excluding carboxylic acids is 2. The van der Waals surface area contributed by atoms with Crippen molar-refractivity contribution < 1.29 is 9.59 Å². The summed E-state index contributed by atoms with van der Waals surface area (Å²) in [5, 5.41) is 1.62. The smallest absolute Gasteiger partial charge is 0.246 e. The topological polar surface area (TPSA) is 37.4 Å². The van der Waals surface area contributed by atoms with Gasteiger partial charge in [-0.2, -0.15) is 0 Å². The molecule has 2 aromatic rings. The summed E-state index contributed by atoms with van der Waals surface area (Å²) in [5.74, 6) is -0.423. The van der Waals surface area contributed by atoms with Crippen LogP contribution in [0.15, 0.2) is 60.2 Å².